The number of nitrogens with one attached hydrogen (secondary N) is 1. The van der Waals surface area contributed by atoms with Gasteiger partial charge in [-0.05, 0) is 50.4 Å². The van der Waals surface area contributed by atoms with E-state index in [0.717, 1.165) is 25.0 Å². The van der Waals surface area contributed by atoms with Crippen molar-refractivity contribution < 1.29 is 5.11 Å². The van der Waals surface area contributed by atoms with Crippen LogP contribution in [0.1, 0.15) is 70.6 Å². The Labute approximate surface area is 130 Å². The molecule has 0 aliphatic heterocycles. The lowest BCUT2D eigenvalue weighted by molar-refractivity contribution is 0.0418. The van der Waals surface area contributed by atoms with Crippen LogP contribution in [0.3, 0.4) is 0 Å². The quantitative estimate of drug-likeness (QED) is 0.686. The third-order valence-corrected chi connectivity index (χ3v) is 5.99. The molecule has 0 spiro atoms. The van der Waals surface area contributed by atoms with Crippen molar-refractivity contribution in [3.05, 3.63) is 0 Å². The van der Waals surface area contributed by atoms with Gasteiger partial charge in [0.15, 0.2) is 0 Å². The monoisotopic (exact) mass is 294 g/mol. The summed E-state index contributed by atoms with van der Waals surface area (Å²) in [6.45, 7) is 3.96. The third kappa shape index (κ3) is 4.43. The number of rotatable bonds is 9. The zero-order valence-corrected chi connectivity index (χ0v) is 13.7. The summed E-state index contributed by atoms with van der Waals surface area (Å²) in [7, 11) is 0. The first-order valence-electron chi connectivity index (χ1n) is 9.40. The first kappa shape index (κ1) is 15.8. The average molecular weight is 294 g/mol. The molecule has 0 bridgehead atoms. The number of aliphatic hydroxyl groups excluding tert-OH is 1. The van der Waals surface area contributed by atoms with Crippen molar-refractivity contribution in [2.24, 2.45) is 5.41 Å². The molecule has 2 N–H and O–H groups in total. The normalized spacial score (nSPS) is 26.0. The van der Waals surface area contributed by atoms with Gasteiger partial charge in [0.1, 0.15) is 0 Å². The van der Waals surface area contributed by atoms with E-state index in [1.165, 1.54) is 77.3 Å². The highest BCUT2D eigenvalue weighted by Gasteiger charge is 2.37. The lowest BCUT2D eigenvalue weighted by Gasteiger charge is -2.46. The van der Waals surface area contributed by atoms with E-state index in [9.17, 15) is 5.11 Å². The van der Waals surface area contributed by atoms with E-state index in [0.29, 0.717) is 12.0 Å². The van der Waals surface area contributed by atoms with E-state index in [1.807, 2.05) is 0 Å². The molecule has 3 saturated carbocycles. The van der Waals surface area contributed by atoms with Gasteiger partial charge in [0.05, 0.1) is 0 Å². The molecular weight excluding hydrogens is 260 g/mol. The summed E-state index contributed by atoms with van der Waals surface area (Å²) < 4.78 is 0. The highest BCUT2D eigenvalue weighted by Crippen LogP contribution is 2.39. The molecule has 3 aliphatic rings. The van der Waals surface area contributed by atoms with Crippen LogP contribution in [0.15, 0.2) is 0 Å². The predicted molar refractivity (Wildman–Crippen MR) is 87.5 cm³/mol. The second-order valence-electron chi connectivity index (χ2n) is 7.85. The Bertz CT molecular complexity index is 306. The maximum Gasteiger partial charge on any atom is 0.0443 e. The molecule has 3 nitrogen and oxygen atoms in total. The molecule has 0 saturated heterocycles. The van der Waals surface area contributed by atoms with Crippen LogP contribution in [0.5, 0.6) is 0 Å². The fraction of sp³-hybridized carbons (Fsp3) is 1.00. The Hall–Kier alpha value is -0.120. The van der Waals surface area contributed by atoms with E-state index in [2.05, 4.69) is 10.2 Å². The van der Waals surface area contributed by atoms with Crippen LogP contribution in [-0.4, -0.2) is 48.3 Å². The predicted octanol–water partition coefficient (Wildman–Crippen LogP) is 2.93. The molecule has 0 aromatic rings. The molecule has 3 rings (SSSR count). The van der Waals surface area contributed by atoms with Crippen molar-refractivity contribution in [2.75, 3.05) is 26.2 Å². The van der Waals surface area contributed by atoms with E-state index < -0.39 is 0 Å². The lowest BCUT2D eigenvalue weighted by Crippen LogP contribution is -2.51. The van der Waals surface area contributed by atoms with Gasteiger partial charge < -0.3 is 10.4 Å². The highest BCUT2D eigenvalue weighted by atomic mass is 16.3. The zero-order chi connectivity index (χ0) is 14.5. The van der Waals surface area contributed by atoms with Gasteiger partial charge in [-0.1, -0.05) is 25.7 Å². The Kier molecular flexibility index (Phi) is 5.58. The van der Waals surface area contributed by atoms with Crippen LogP contribution in [0.25, 0.3) is 0 Å². The molecule has 0 aromatic carbocycles. The smallest absolute Gasteiger partial charge is 0.0443 e. The maximum absolute atomic E-state index is 9.20. The molecule has 122 valence electrons. The summed E-state index contributed by atoms with van der Waals surface area (Å²) in [6, 6.07) is 1.65. The van der Waals surface area contributed by atoms with Crippen molar-refractivity contribution in [3.8, 4) is 0 Å². The summed E-state index contributed by atoms with van der Waals surface area (Å²) >= 11 is 0. The standard InChI is InChI=1S/C18H34N2O/c21-13-5-12-20(17-6-4-7-17)15-18(10-2-1-3-11-18)14-19-16-8-9-16/h16-17,19,21H,1-15H2. The summed E-state index contributed by atoms with van der Waals surface area (Å²) in [5.74, 6) is 0. The minimum Gasteiger partial charge on any atom is -0.396 e. The zero-order valence-electron chi connectivity index (χ0n) is 13.7. The van der Waals surface area contributed by atoms with Crippen molar-refractivity contribution in [2.45, 2.75) is 82.7 Å². The van der Waals surface area contributed by atoms with E-state index in [1.54, 1.807) is 0 Å². The molecule has 0 atom stereocenters. The minimum absolute atomic E-state index is 0.344. The van der Waals surface area contributed by atoms with Gasteiger partial charge in [-0.15, -0.1) is 0 Å². The minimum atomic E-state index is 0.344. The fourth-order valence-corrected chi connectivity index (χ4v) is 4.19. The van der Waals surface area contributed by atoms with Gasteiger partial charge in [0, 0.05) is 38.3 Å². The molecule has 21 heavy (non-hydrogen) atoms. The van der Waals surface area contributed by atoms with E-state index >= 15 is 0 Å². The third-order valence-electron chi connectivity index (χ3n) is 5.99. The number of nitrogens with zero attached hydrogens (tertiary/aromatic N) is 1. The van der Waals surface area contributed by atoms with Crippen LogP contribution in [0.2, 0.25) is 0 Å². The molecular formula is C18H34N2O. The first-order chi connectivity index (χ1) is 10.3. The Morgan fingerprint density at radius 1 is 1.00 bits per heavy atom. The van der Waals surface area contributed by atoms with Crippen molar-refractivity contribution >= 4 is 0 Å². The molecule has 0 aromatic heterocycles. The molecule has 0 heterocycles. The number of hydrogen-bond donors (Lipinski definition) is 2. The lowest BCUT2D eigenvalue weighted by atomic mass is 9.72. The van der Waals surface area contributed by atoms with Gasteiger partial charge in [-0.3, -0.25) is 4.90 Å². The second kappa shape index (κ2) is 7.43. The second-order valence-corrected chi connectivity index (χ2v) is 7.85. The van der Waals surface area contributed by atoms with Crippen molar-refractivity contribution in [3.63, 3.8) is 0 Å². The molecule has 0 unspecified atom stereocenters. The summed E-state index contributed by atoms with van der Waals surface area (Å²) in [5.41, 5.74) is 0.520. The van der Waals surface area contributed by atoms with Crippen molar-refractivity contribution in [1.29, 1.82) is 0 Å². The van der Waals surface area contributed by atoms with Crippen molar-refractivity contribution in [1.82, 2.24) is 10.2 Å². The van der Waals surface area contributed by atoms with Gasteiger partial charge in [0.2, 0.25) is 0 Å². The Balaban J connectivity index is 1.58. The molecule has 3 fully saturated rings. The van der Waals surface area contributed by atoms with E-state index in [-0.39, 0.29) is 0 Å². The molecule has 3 aliphatic carbocycles. The summed E-state index contributed by atoms with van der Waals surface area (Å²) in [5, 5.41) is 13.0. The van der Waals surface area contributed by atoms with Gasteiger partial charge in [-0.2, -0.15) is 0 Å². The number of aliphatic hydroxyl groups is 1. The summed E-state index contributed by atoms with van der Waals surface area (Å²) in [6.07, 6.45) is 15.0. The SMILES string of the molecule is OCCCN(CC1(CNC2CC2)CCCCC1)C1CCC1. The molecule has 0 amide bonds. The van der Waals surface area contributed by atoms with Crippen LogP contribution >= 0.6 is 0 Å². The molecule has 0 radical (unpaired) electrons. The number of hydrogen-bond acceptors (Lipinski definition) is 3. The van der Waals surface area contributed by atoms with Crippen LogP contribution in [0, 0.1) is 5.41 Å². The van der Waals surface area contributed by atoms with Crippen LogP contribution in [0.4, 0.5) is 0 Å². The van der Waals surface area contributed by atoms with Crippen LogP contribution in [-0.2, 0) is 0 Å². The Morgan fingerprint density at radius 3 is 2.33 bits per heavy atom. The largest absolute Gasteiger partial charge is 0.396 e. The highest BCUT2D eigenvalue weighted by molar-refractivity contribution is 4.93. The van der Waals surface area contributed by atoms with E-state index in [4.69, 9.17) is 0 Å². The average Bonchev–Trinajstić information content (AvgIpc) is 3.26. The summed E-state index contributed by atoms with van der Waals surface area (Å²) in [4.78, 5) is 2.74. The first-order valence-corrected chi connectivity index (χ1v) is 9.40. The molecule has 3 heteroatoms. The van der Waals surface area contributed by atoms with Gasteiger partial charge in [0.25, 0.3) is 0 Å². The van der Waals surface area contributed by atoms with Gasteiger partial charge in [-0.25, -0.2) is 0 Å². The van der Waals surface area contributed by atoms with Gasteiger partial charge >= 0.3 is 0 Å². The van der Waals surface area contributed by atoms with Crippen LogP contribution < -0.4 is 5.32 Å². The fourth-order valence-electron chi connectivity index (χ4n) is 4.19. The maximum atomic E-state index is 9.20. The Morgan fingerprint density at radius 2 is 1.76 bits per heavy atom. The topological polar surface area (TPSA) is 35.5 Å².